The lowest BCUT2D eigenvalue weighted by Crippen LogP contribution is -2.28. The van der Waals surface area contributed by atoms with Crippen LogP contribution in [0.1, 0.15) is 45.4 Å². The number of hydrogen-bond donors (Lipinski definition) is 1. The molecular formula is C11H18BrNO. The van der Waals surface area contributed by atoms with Crippen LogP contribution in [0.5, 0.6) is 0 Å². The molecule has 0 aromatic carbocycles. The third-order valence-corrected chi connectivity index (χ3v) is 2.95. The molecule has 0 fully saturated rings. The highest BCUT2D eigenvalue weighted by Crippen LogP contribution is 2.24. The fourth-order valence-electron chi connectivity index (χ4n) is 1.63. The van der Waals surface area contributed by atoms with Crippen LogP contribution in [0.4, 0.5) is 0 Å². The van der Waals surface area contributed by atoms with Crippen LogP contribution in [0, 0.1) is 0 Å². The highest BCUT2D eigenvalue weighted by atomic mass is 79.9. The second kappa shape index (κ2) is 5.56. The molecule has 3 heteroatoms. The third-order valence-electron chi connectivity index (χ3n) is 2.29. The van der Waals surface area contributed by atoms with Crippen molar-refractivity contribution in [1.82, 2.24) is 5.32 Å². The molecule has 1 aromatic heterocycles. The molecule has 1 rings (SSSR count). The zero-order chi connectivity index (χ0) is 10.6. The molecular weight excluding hydrogens is 242 g/mol. The molecule has 0 aliphatic carbocycles. The molecule has 0 spiro atoms. The minimum absolute atomic E-state index is 0.265. The first-order valence-electron chi connectivity index (χ1n) is 5.14. The average molecular weight is 260 g/mol. The standard InChI is InChI=1S/C11H18BrNO/c1-4-5-8(2)13-9(3)11-10(12)6-7-14-11/h6-9,13H,4-5H2,1-3H3. The fourth-order valence-corrected chi connectivity index (χ4v) is 2.18. The Morgan fingerprint density at radius 2 is 2.21 bits per heavy atom. The molecule has 1 aromatic rings. The van der Waals surface area contributed by atoms with Crippen molar-refractivity contribution in [1.29, 1.82) is 0 Å². The summed E-state index contributed by atoms with van der Waals surface area (Å²) in [4.78, 5) is 0. The summed E-state index contributed by atoms with van der Waals surface area (Å²) >= 11 is 3.46. The van der Waals surface area contributed by atoms with Crippen LogP contribution in [-0.4, -0.2) is 6.04 Å². The molecule has 0 radical (unpaired) electrons. The Bertz CT molecular complexity index is 272. The smallest absolute Gasteiger partial charge is 0.134 e. The van der Waals surface area contributed by atoms with Crippen molar-refractivity contribution >= 4 is 15.9 Å². The highest BCUT2D eigenvalue weighted by molar-refractivity contribution is 9.10. The van der Waals surface area contributed by atoms with Gasteiger partial charge in [0, 0.05) is 6.04 Å². The largest absolute Gasteiger partial charge is 0.466 e. The molecule has 14 heavy (non-hydrogen) atoms. The van der Waals surface area contributed by atoms with E-state index in [-0.39, 0.29) is 6.04 Å². The van der Waals surface area contributed by atoms with E-state index >= 15 is 0 Å². The van der Waals surface area contributed by atoms with Crippen molar-refractivity contribution in [3.05, 3.63) is 22.6 Å². The van der Waals surface area contributed by atoms with Gasteiger partial charge in [-0.15, -0.1) is 0 Å². The van der Waals surface area contributed by atoms with E-state index in [0.29, 0.717) is 6.04 Å². The van der Waals surface area contributed by atoms with Crippen molar-refractivity contribution in [2.45, 2.75) is 45.7 Å². The van der Waals surface area contributed by atoms with Gasteiger partial charge in [-0.3, -0.25) is 0 Å². The SMILES string of the molecule is CCCC(C)NC(C)c1occc1Br. The number of halogens is 1. The van der Waals surface area contributed by atoms with Gasteiger partial charge in [0.25, 0.3) is 0 Å². The zero-order valence-electron chi connectivity index (χ0n) is 9.01. The summed E-state index contributed by atoms with van der Waals surface area (Å²) in [6.45, 7) is 6.53. The van der Waals surface area contributed by atoms with Crippen molar-refractivity contribution in [2.24, 2.45) is 0 Å². The number of rotatable bonds is 5. The van der Waals surface area contributed by atoms with Gasteiger partial charge in [0.15, 0.2) is 0 Å². The molecule has 80 valence electrons. The van der Waals surface area contributed by atoms with Gasteiger partial charge in [0.05, 0.1) is 16.8 Å². The molecule has 0 bridgehead atoms. The van der Waals surface area contributed by atoms with E-state index in [1.54, 1.807) is 6.26 Å². The number of furan rings is 1. The highest BCUT2D eigenvalue weighted by Gasteiger charge is 2.14. The van der Waals surface area contributed by atoms with Gasteiger partial charge in [0.1, 0.15) is 5.76 Å². The maximum absolute atomic E-state index is 5.40. The van der Waals surface area contributed by atoms with Gasteiger partial charge in [-0.2, -0.15) is 0 Å². The molecule has 1 heterocycles. The quantitative estimate of drug-likeness (QED) is 0.869. The van der Waals surface area contributed by atoms with E-state index in [4.69, 9.17) is 4.42 Å². The Hall–Kier alpha value is -0.280. The first-order chi connectivity index (χ1) is 6.65. The Balaban J connectivity index is 2.50. The Morgan fingerprint density at radius 1 is 1.50 bits per heavy atom. The van der Waals surface area contributed by atoms with Crippen molar-refractivity contribution in [3.63, 3.8) is 0 Å². The zero-order valence-corrected chi connectivity index (χ0v) is 10.6. The minimum atomic E-state index is 0.265. The van der Waals surface area contributed by atoms with Crippen molar-refractivity contribution in [3.8, 4) is 0 Å². The summed E-state index contributed by atoms with van der Waals surface area (Å²) in [5.41, 5.74) is 0. The molecule has 0 amide bonds. The lowest BCUT2D eigenvalue weighted by molar-refractivity contribution is 0.385. The van der Waals surface area contributed by atoms with E-state index in [2.05, 4.69) is 42.0 Å². The summed E-state index contributed by atoms with van der Waals surface area (Å²) in [6.07, 6.45) is 4.12. The first-order valence-corrected chi connectivity index (χ1v) is 5.93. The van der Waals surface area contributed by atoms with Gasteiger partial charge < -0.3 is 9.73 Å². The van der Waals surface area contributed by atoms with E-state index in [1.165, 1.54) is 12.8 Å². The Labute approximate surface area is 94.2 Å². The summed E-state index contributed by atoms with van der Waals surface area (Å²) in [5, 5.41) is 3.50. The minimum Gasteiger partial charge on any atom is -0.466 e. The maximum Gasteiger partial charge on any atom is 0.134 e. The molecule has 2 atom stereocenters. The topological polar surface area (TPSA) is 25.2 Å². The fraction of sp³-hybridized carbons (Fsp3) is 0.636. The third kappa shape index (κ3) is 3.14. The maximum atomic E-state index is 5.40. The van der Waals surface area contributed by atoms with E-state index in [0.717, 1.165) is 10.2 Å². The molecule has 0 saturated carbocycles. The van der Waals surface area contributed by atoms with Crippen LogP contribution in [0.3, 0.4) is 0 Å². The molecule has 2 nitrogen and oxygen atoms in total. The lowest BCUT2D eigenvalue weighted by Gasteiger charge is -2.18. The number of nitrogens with one attached hydrogen (secondary N) is 1. The second-order valence-electron chi connectivity index (χ2n) is 3.71. The van der Waals surface area contributed by atoms with Gasteiger partial charge >= 0.3 is 0 Å². The molecule has 0 aliphatic rings. The molecule has 1 N–H and O–H groups in total. The predicted octanol–water partition coefficient (Wildman–Crippen LogP) is 3.88. The van der Waals surface area contributed by atoms with E-state index in [1.807, 2.05) is 6.07 Å². The number of hydrogen-bond acceptors (Lipinski definition) is 2. The first kappa shape index (κ1) is 11.8. The van der Waals surface area contributed by atoms with Crippen molar-refractivity contribution in [2.75, 3.05) is 0 Å². The Kier molecular flexibility index (Phi) is 4.69. The molecule has 0 saturated heterocycles. The molecule has 0 aliphatic heterocycles. The summed E-state index contributed by atoms with van der Waals surface area (Å²) < 4.78 is 6.44. The lowest BCUT2D eigenvalue weighted by atomic mass is 10.1. The monoisotopic (exact) mass is 259 g/mol. The summed E-state index contributed by atoms with van der Waals surface area (Å²) in [7, 11) is 0. The van der Waals surface area contributed by atoms with Gasteiger partial charge in [0.2, 0.25) is 0 Å². The Morgan fingerprint density at radius 3 is 2.71 bits per heavy atom. The molecule has 2 unspecified atom stereocenters. The normalized spacial score (nSPS) is 15.4. The summed E-state index contributed by atoms with van der Waals surface area (Å²) in [5.74, 6) is 0.980. The van der Waals surface area contributed by atoms with E-state index < -0.39 is 0 Å². The van der Waals surface area contributed by atoms with Gasteiger partial charge in [-0.05, 0) is 42.3 Å². The van der Waals surface area contributed by atoms with Crippen LogP contribution < -0.4 is 5.32 Å². The van der Waals surface area contributed by atoms with Gasteiger partial charge in [-0.1, -0.05) is 13.3 Å². The summed E-state index contributed by atoms with van der Waals surface area (Å²) in [6, 6.07) is 2.73. The van der Waals surface area contributed by atoms with Crippen LogP contribution in [0.2, 0.25) is 0 Å². The van der Waals surface area contributed by atoms with E-state index in [9.17, 15) is 0 Å². The van der Waals surface area contributed by atoms with Gasteiger partial charge in [-0.25, -0.2) is 0 Å². The predicted molar refractivity (Wildman–Crippen MR) is 62.3 cm³/mol. The second-order valence-corrected chi connectivity index (χ2v) is 4.57. The average Bonchev–Trinajstić information content (AvgIpc) is 2.51. The van der Waals surface area contributed by atoms with Crippen LogP contribution in [0.15, 0.2) is 21.2 Å². The van der Waals surface area contributed by atoms with Crippen LogP contribution in [0.25, 0.3) is 0 Å². The van der Waals surface area contributed by atoms with Crippen LogP contribution in [-0.2, 0) is 0 Å². The van der Waals surface area contributed by atoms with Crippen molar-refractivity contribution < 1.29 is 4.42 Å². The van der Waals surface area contributed by atoms with Crippen LogP contribution >= 0.6 is 15.9 Å².